The highest BCUT2D eigenvalue weighted by molar-refractivity contribution is 6.12. The number of nitrogens with one attached hydrogen (secondary N) is 1. The number of hydrogen-bond donors (Lipinski definition) is 5. The maximum absolute atomic E-state index is 15.4. The lowest BCUT2D eigenvalue weighted by Crippen LogP contribution is -2.56. The molecule has 1 amide bonds. The Morgan fingerprint density at radius 1 is 0.976 bits per heavy atom. The first kappa shape index (κ1) is 28.9. The maximum atomic E-state index is 15.4. The van der Waals surface area contributed by atoms with Gasteiger partial charge in [0.2, 0.25) is 11.7 Å². The third-order valence-electron chi connectivity index (χ3n) is 10.9. The predicted octanol–water partition coefficient (Wildman–Crippen LogP) is 4.07. The molecule has 10 atom stereocenters. The summed E-state index contributed by atoms with van der Waals surface area (Å²) in [6, 6.07) is -0.250. The molecule has 5 aliphatic rings. The molecule has 1 aromatic carbocycles. The normalized spacial score (nSPS) is 40.4. The number of aromatic hydroxyl groups is 3. The van der Waals surface area contributed by atoms with Gasteiger partial charge in [0.15, 0.2) is 23.1 Å². The highest BCUT2D eigenvalue weighted by Crippen LogP contribution is 2.67. The van der Waals surface area contributed by atoms with Crippen LogP contribution in [0.3, 0.4) is 0 Å². The van der Waals surface area contributed by atoms with Gasteiger partial charge in [-0.25, -0.2) is 0 Å². The monoisotopic (exact) mass is 579 g/mol. The molecule has 2 bridgehead atoms. The van der Waals surface area contributed by atoms with E-state index in [2.05, 4.69) is 26.1 Å². The zero-order valence-electron chi connectivity index (χ0n) is 25.0. The number of phenols is 3. The van der Waals surface area contributed by atoms with Crippen LogP contribution in [-0.4, -0.2) is 50.0 Å². The SMILES string of the molecule is CC1=C[C@@H]2/C=C(/C)CC[C@@H](O)C(=O)[C@H]3[C@H](C(=O)[C@]24C(=O)N[C@@H](CC(C)C)[C@@H]4[C@@H]1C)[C@H]1O[C@@H]3c2c(O)c(O)c(O)c(C)c21. The van der Waals surface area contributed by atoms with Crippen molar-refractivity contribution in [3.8, 4) is 17.2 Å². The van der Waals surface area contributed by atoms with Crippen molar-refractivity contribution in [3.63, 3.8) is 0 Å². The topological polar surface area (TPSA) is 153 Å². The molecule has 0 radical (unpaired) electrons. The fourth-order valence-corrected chi connectivity index (χ4v) is 8.90. The minimum Gasteiger partial charge on any atom is -0.504 e. The van der Waals surface area contributed by atoms with Gasteiger partial charge < -0.3 is 30.5 Å². The van der Waals surface area contributed by atoms with Crippen LogP contribution in [-0.2, 0) is 19.1 Å². The second-order valence-corrected chi connectivity index (χ2v) is 13.7. The number of Topliss-reactive ketones (excluding diaryl/α,β-unsaturated/α-hetero) is 2. The number of hydrogen-bond acceptors (Lipinski definition) is 8. The Morgan fingerprint density at radius 3 is 2.31 bits per heavy atom. The zero-order chi connectivity index (χ0) is 30.6. The molecule has 9 heteroatoms. The molecule has 1 spiro atoms. The first-order valence-electron chi connectivity index (χ1n) is 15.1. The molecular weight excluding hydrogens is 538 g/mol. The van der Waals surface area contributed by atoms with Crippen LogP contribution >= 0.6 is 0 Å². The van der Waals surface area contributed by atoms with Gasteiger partial charge in [-0.15, -0.1) is 0 Å². The number of ketones is 2. The first-order chi connectivity index (χ1) is 19.7. The average Bonchev–Trinajstić information content (AvgIpc) is 3.58. The lowest BCUT2D eigenvalue weighted by Gasteiger charge is -2.47. The van der Waals surface area contributed by atoms with Gasteiger partial charge in [0.1, 0.15) is 11.5 Å². The van der Waals surface area contributed by atoms with E-state index in [0.717, 1.165) is 11.1 Å². The molecule has 42 heavy (non-hydrogen) atoms. The summed E-state index contributed by atoms with van der Waals surface area (Å²) in [7, 11) is 0. The molecule has 3 aliphatic heterocycles. The van der Waals surface area contributed by atoms with Crippen LogP contribution < -0.4 is 5.32 Å². The molecule has 226 valence electrons. The molecule has 5 N–H and O–H groups in total. The molecule has 2 fully saturated rings. The van der Waals surface area contributed by atoms with Gasteiger partial charge in [0, 0.05) is 29.0 Å². The van der Waals surface area contributed by atoms with E-state index < -0.39 is 70.3 Å². The predicted molar refractivity (Wildman–Crippen MR) is 152 cm³/mol. The Hall–Kier alpha value is -3.17. The maximum Gasteiger partial charge on any atom is 0.235 e. The molecular formula is C33H41NO8. The number of rotatable bonds is 2. The van der Waals surface area contributed by atoms with E-state index in [1.54, 1.807) is 6.92 Å². The van der Waals surface area contributed by atoms with Gasteiger partial charge in [-0.3, -0.25) is 14.4 Å². The number of aliphatic hydroxyl groups is 1. The number of ether oxygens (including phenoxy) is 1. The van der Waals surface area contributed by atoms with Gasteiger partial charge in [0.25, 0.3) is 0 Å². The summed E-state index contributed by atoms with van der Waals surface area (Å²) in [5, 5.41) is 46.2. The van der Waals surface area contributed by atoms with Crippen molar-refractivity contribution in [2.75, 3.05) is 0 Å². The van der Waals surface area contributed by atoms with Crippen molar-refractivity contribution < 1.29 is 39.5 Å². The number of benzene rings is 1. The van der Waals surface area contributed by atoms with Crippen molar-refractivity contribution in [1.82, 2.24) is 5.32 Å². The lowest BCUT2D eigenvalue weighted by atomic mass is 9.51. The Kier molecular flexibility index (Phi) is 6.66. The van der Waals surface area contributed by atoms with Crippen molar-refractivity contribution in [1.29, 1.82) is 0 Å². The molecule has 0 aromatic heterocycles. The number of carbonyl (C=O) groups is 3. The molecule has 1 aromatic rings. The van der Waals surface area contributed by atoms with Crippen LogP contribution in [0.25, 0.3) is 0 Å². The van der Waals surface area contributed by atoms with Crippen LogP contribution in [0.15, 0.2) is 23.3 Å². The van der Waals surface area contributed by atoms with Gasteiger partial charge in [0.05, 0.1) is 24.0 Å². The standard InChI is InChI=1S/C33H41NO8/c1-12(2)9-18-24-15(5)14(4)11-17-10-13(3)7-8-19(35)26(37)22-23(31(40)33(17,24)32(41)34-18)29-20-16(6)25(36)28(39)27(38)21(20)30(22)42-29/h10-12,15,17-19,22-24,29-30,35-36,38-39H,7-9H2,1-6H3,(H,34,41)/b13-10-/t15-,17+,18+,19-,22-,23+,24+,29+,30-,33+/m1/s1. The van der Waals surface area contributed by atoms with Crippen molar-refractivity contribution in [3.05, 3.63) is 40.0 Å². The van der Waals surface area contributed by atoms with E-state index in [4.69, 9.17) is 4.74 Å². The Bertz CT molecular complexity index is 1460. The molecule has 9 nitrogen and oxygen atoms in total. The number of allylic oxidation sites excluding steroid dienone is 4. The van der Waals surface area contributed by atoms with Crippen molar-refractivity contribution in [2.24, 2.45) is 40.9 Å². The number of amides is 1. The summed E-state index contributed by atoms with van der Waals surface area (Å²) >= 11 is 0. The fourth-order valence-electron chi connectivity index (χ4n) is 8.90. The van der Waals surface area contributed by atoms with E-state index in [9.17, 15) is 30.0 Å². The summed E-state index contributed by atoms with van der Waals surface area (Å²) in [4.78, 5) is 43.8. The average molecular weight is 580 g/mol. The number of aliphatic hydroxyl groups excluding tert-OH is 1. The summed E-state index contributed by atoms with van der Waals surface area (Å²) in [5.41, 5.74) is 1.21. The van der Waals surface area contributed by atoms with Gasteiger partial charge in [-0.2, -0.15) is 0 Å². The minimum atomic E-state index is -1.51. The number of carbonyl (C=O) groups excluding carboxylic acids is 3. The minimum absolute atomic E-state index is 0.0926. The summed E-state index contributed by atoms with van der Waals surface area (Å²) < 4.78 is 6.30. The fraction of sp³-hybridized carbons (Fsp3) is 0.606. The first-order valence-corrected chi connectivity index (χ1v) is 15.1. The quantitative estimate of drug-likeness (QED) is 0.200. The van der Waals surface area contributed by atoms with Crippen LogP contribution in [0.4, 0.5) is 0 Å². The highest BCUT2D eigenvalue weighted by Gasteiger charge is 2.71. The third-order valence-corrected chi connectivity index (χ3v) is 10.9. The van der Waals surface area contributed by atoms with Crippen LogP contribution in [0.1, 0.15) is 82.8 Å². The van der Waals surface area contributed by atoms with Crippen molar-refractivity contribution >= 4 is 17.5 Å². The van der Waals surface area contributed by atoms with E-state index in [1.807, 2.05) is 26.0 Å². The molecule has 6 rings (SSSR count). The Morgan fingerprint density at radius 2 is 1.64 bits per heavy atom. The van der Waals surface area contributed by atoms with Gasteiger partial charge >= 0.3 is 0 Å². The second-order valence-electron chi connectivity index (χ2n) is 13.7. The van der Waals surface area contributed by atoms with Crippen LogP contribution in [0.5, 0.6) is 17.2 Å². The summed E-state index contributed by atoms with van der Waals surface area (Å²) in [5.74, 6) is -6.25. The van der Waals surface area contributed by atoms with Gasteiger partial charge in [-0.1, -0.05) is 44.1 Å². The van der Waals surface area contributed by atoms with E-state index >= 15 is 4.79 Å². The summed E-state index contributed by atoms with van der Waals surface area (Å²) in [6.45, 7) is 11.7. The Balaban J connectivity index is 1.62. The molecule has 2 saturated heterocycles. The van der Waals surface area contributed by atoms with E-state index in [-0.39, 0.29) is 47.3 Å². The lowest BCUT2D eigenvalue weighted by molar-refractivity contribution is -0.152. The van der Waals surface area contributed by atoms with Gasteiger partial charge in [-0.05, 0) is 57.4 Å². The smallest absolute Gasteiger partial charge is 0.235 e. The largest absolute Gasteiger partial charge is 0.504 e. The molecule has 0 saturated carbocycles. The van der Waals surface area contributed by atoms with Crippen molar-refractivity contribution in [2.45, 2.75) is 85.2 Å². The molecule has 3 heterocycles. The number of fused-ring (bicyclic) bond motifs is 8. The zero-order valence-corrected chi connectivity index (χ0v) is 25.0. The van der Waals surface area contributed by atoms with E-state index in [0.29, 0.717) is 18.4 Å². The van der Waals surface area contributed by atoms with Crippen LogP contribution in [0.2, 0.25) is 0 Å². The second kappa shape index (κ2) is 9.67. The highest BCUT2D eigenvalue weighted by atomic mass is 16.5. The third kappa shape index (κ3) is 3.65. The van der Waals surface area contributed by atoms with E-state index in [1.165, 1.54) is 0 Å². The number of phenolic OH excluding ortho intramolecular Hbond substituents is 3. The summed E-state index contributed by atoms with van der Waals surface area (Å²) in [6.07, 6.45) is 1.67. The Labute approximate surface area is 245 Å². The van der Waals surface area contributed by atoms with Crippen LogP contribution in [0, 0.1) is 47.8 Å². The molecule has 0 unspecified atom stereocenters. The molecule has 2 aliphatic carbocycles.